The second-order valence-corrected chi connectivity index (χ2v) is 7.30. The van der Waals surface area contributed by atoms with E-state index in [1.807, 2.05) is 48.5 Å². The second-order valence-electron chi connectivity index (χ2n) is 7.30. The predicted molar refractivity (Wildman–Crippen MR) is 113 cm³/mol. The molecule has 2 aliphatic rings. The lowest BCUT2D eigenvalue weighted by Crippen LogP contribution is -2.28. The van der Waals surface area contributed by atoms with Crippen LogP contribution >= 0.6 is 0 Å². The van der Waals surface area contributed by atoms with Crippen LogP contribution in [-0.4, -0.2) is 24.2 Å². The Morgan fingerprint density at radius 1 is 0.857 bits per heavy atom. The molecule has 0 radical (unpaired) electrons. The van der Waals surface area contributed by atoms with E-state index in [0.717, 1.165) is 34.8 Å². The van der Waals surface area contributed by atoms with Crippen molar-refractivity contribution in [3.05, 3.63) is 95.6 Å². The molecule has 0 aromatic heterocycles. The van der Waals surface area contributed by atoms with Gasteiger partial charge in [-0.1, -0.05) is 66.7 Å². The minimum atomic E-state index is -0.430. The first kappa shape index (κ1) is 16.8. The summed E-state index contributed by atoms with van der Waals surface area (Å²) in [6.45, 7) is 0.840. The van der Waals surface area contributed by atoms with Gasteiger partial charge >= 0.3 is 0 Å². The molecular weight excluding hydrogens is 346 g/mol. The number of nitrogens with one attached hydrogen (secondary N) is 2. The molecule has 28 heavy (non-hydrogen) atoms. The van der Waals surface area contributed by atoms with E-state index in [9.17, 15) is 4.79 Å². The molecule has 0 fully saturated rings. The van der Waals surface area contributed by atoms with Crippen molar-refractivity contribution >= 4 is 23.0 Å². The normalized spacial score (nSPS) is 20.3. The maximum atomic E-state index is 13.0. The van der Waals surface area contributed by atoms with E-state index in [1.54, 1.807) is 0 Å². The Balaban J connectivity index is 1.55. The zero-order valence-electron chi connectivity index (χ0n) is 15.4. The number of anilines is 2. The third kappa shape index (κ3) is 2.97. The molecule has 2 N–H and O–H groups in total. The summed E-state index contributed by atoms with van der Waals surface area (Å²) in [5.41, 5.74) is 6.13. The van der Waals surface area contributed by atoms with E-state index in [1.165, 1.54) is 5.56 Å². The number of amides is 1. The fraction of sp³-hybridized carbons (Fsp3) is 0.167. The van der Waals surface area contributed by atoms with Crippen LogP contribution in [0.1, 0.15) is 29.0 Å². The molecule has 5 rings (SSSR count). The van der Waals surface area contributed by atoms with Crippen LogP contribution < -0.4 is 10.6 Å². The zero-order chi connectivity index (χ0) is 18.9. The molecule has 1 amide bonds. The highest BCUT2D eigenvalue weighted by molar-refractivity contribution is 6.19. The molecule has 0 bridgehead atoms. The van der Waals surface area contributed by atoms with Crippen LogP contribution in [0.4, 0.5) is 11.4 Å². The van der Waals surface area contributed by atoms with E-state index in [4.69, 9.17) is 4.99 Å². The molecule has 138 valence electrons. The van der Waals surface area contributed by atoms with Crippen molar-refractivity contribution < 1.29 is 4.79 Å². The van der Waals surface area contributed by atoms with Gasteiger partial charge in [0.1, 0.15) is 6.04 Å². The molecular formula is C24H21N3O. The number of rotatable bonds is 3. The van der Waals surface area contributed by atoms with Gasteiger partial charge in [0.2, 0.25) is 5.91 Å². The third-order valence-corrected chi connectivity index (χ3v) is 5.52. The lowest BCUT2D eigenvalue weighted by atomic mass is 9.93. The summed E-state index contributed by atoms with van der Waals surface area (Å²) in [6, 6.07) is 25.9. The van der Waals surface area contributed by atoms with E-state index in [0.29, 0.717) is 6.42 Å². The lowest BCUT2D eigenvalue weighted by molar-refractivity contribution is -0.117. The topological polar surface area (TPSA) is 53.5 Å². The zero-order valence-corrected chi connectivity index (χ0v) is 15.4. The third-order valence-electron chi connectivity index (χ3n) is 5.52. The second kappa shape index (κ2) is 6.97. The molecule has 4 heteroatoms. The molecule has 2 aliphatic heterocycles. The summed E-state index contributed by atoms with van der Waals surface area (Å²) in [5.74, 6) is 0.233. The number of hydrogen-bond acceptors (Lipinski definition) is 3. The lowest BCUT2D eigenvalue weighted by Gasteiger charge is -2.16. The first-order valence-corrected chi connectivity index (χ1v) is 9.66. The van der Waals surface area contributed by atoms with Gasteiger partial charge in [-0.2, -0.15) is 0 Å². The van der Waals surface area contributed by atoms with Gasteiger partial charge < -0.3 is 10.6 Å². The maximum absolute atomic E-state index is 13.0. The van der Waals surface area contributed by atoms with Gasteiger partial charge in [-0.05, 0) is 24.1 Å². The predicted octanol–water partition coefficient (Wildman–Crippen LogP) is 4.44. The first-order valence-electron chi connectivity index (χ1n) is 9.66. The van der Waals surface area contributed by atoms with Gasteiger partial charge in [-0.25, -0.2) is 0 Å². The number of carbonyl (C=O) groups is 1. The number of benzodiazepines with no additional fused rings is 1. The molecule has 3 aromatic rings. The van der Waals surface area contributed by atoms with E-state index >= 15 is 0 Å². The summed E-state index contributed by atoms with van der Waals surface area (Å²) in [5, 5.41) is 6.55. The van der Waals surface area contributed by atoms with Crippen LogP contribution in [0.15, 0.2) is 83.9 Å². The van der Waals surface area contributed by atoms with Gasteiger partial charge in [0.05, 0.1) is 11.4 Å². The van der Waals surface area contributed by atoms with Crippen molar-refractivity contribution in [1.82, 2.24) is 0 Å². The highest BCUT2D eigenvalue weighted by Crippen LogP contribution is 2.35. The van der Waals surface area contributed by atoms with Crippen molar-refractivity contribution in [2.24, 2.45) is 4.99 Å². The van der Waals surface area contributed by atoms with Gasteiger partial charge in [0, 0.05) is 29.3 Å². The number of nitrogens with zero attached hydrogens (tertiary/aromatic N) is 1. The van der Waals surface area contributed by atoms with Crippen LogP contribution in [0.5, 0.6) is 0 Å². The molecule has 2 unspecified atom stereocenters. The molecule has 0 aliphatic carbocycles. The first-order chi connectivity index (χ1) is 13.8. The van der Waals surface area contributed by atoms with E-state index < -0.39 is 6.04 Å². The average molecular weight is 367 g/mol. The summed E-state index contributed by atoms with van der Waals surface area (Å²) >= 11 is 0. The average Bonchev–Trinajstić information content (AvgIpc) is 3.08. The summed E-state index contributed by atoms with van der Waals surface area (Å²) < 4.78 is 0. The van der Waals surface area contributed by atoms with Crippen LogP contribution in [0.3, 0.4) is 0 Å². The molecule has 3 aromatic carbocycles. The van der Waals surface area contributed by atoms with E-state index in [2.05, 4.69) is 41.0 Å². The van der Waals surface area contributed by atoms with E-state index in [-0.39, 0.29) is 11.8 Å². The molecule has 0 spiro atoms. The number of aliphatic imine (C=N–C) groups is 1. The minimum Gasteiger partial charge on any atom is -0.384 e. The fourth-order valence-corrected chi connectivity index (χ4v) is 4.12. The quantitative estimate of drug-likeness (QED) is 0.719. The number of para-hydroxylation sites is 2. The highest BCUT2D eigenvalue weighted by atomic mass is 16.2. The van der Waals surface area contributed by atoms with Crippen LogP contribution in [-0.2, 0) is 4.79 Å². The van der Waals surface area contributed by atoms with Crippen molar-refractivity contribution in [3.8, 4) is 0 Å². The molecule has 0 saturated heterocycles. The van der Waals surface area contributed by atoms with Gasteiger partial charge in [0.25, 0.3) is 0 Å². The number of fused-ring (bicyclic) bond motifs is 2. The van der Waals surface area contributed by atoms with Crippen LogP contribution in [0.2, 0.25) is 0 Å². The monoisotopic (exact) mass is 367 g/mol. The largest absolute Gasteiger partial charge is 0.384 e. The number of benzene rings is 3. The number of hydrogen-bond donors (Lipinski definition) is 2. The van der Waals surface area contributed by atoms with Crippen molar-refractivity contribution in [1.29, 1.82) is 0 Å². The Hall–Kier alpha value is -3.40. The SMILES string of the molecule is O=C1Nc2ccccc2C(c2ccccc2)=NC1CC1CNc2ccccc21. The van der Waals surface area contributed by atoms with Crippen LogP contribution in [0.25, 0.3) is 0 Å². The minimum absolute atomic E-state index is 0.0391. The van der Waals surface area contributed by atoms with Gasteiger partial charge in [0.15, 0.2) is 0 Å². The Morgan fingerprint density at radius 3 is 2.43 bits per heavy atom. The molecule has 2 heterocycles. The Labute approximate surface area is 164 Å². The summed E-state index contributed by atoms with van der Waals surface area (Å²) in [6.07, 6.45) is 0.681. The van der Waals surface area contributed by atoms with Crippen molar-refractivity contribution in [3.63, 3.8) is 0 Å². The summed E-state index contributed by atoms with van der Waals surface area (Å²) in [4.78, 5) is 18.0. The Kier molecular flexibility index (Phi) is 4.17. The maximum Gasteiger partial charge on any atom is 0.249 e. The highest BCUT2D eigenvalue weighted by Gasteiger charge is 2.31. The summed E-state index contributed by atoms with van der Waals surface area (Å²) in [7, 11) is 0. The van der Waals surface area contributed by atoms with Crippen molar-refractivity contribution in [2.45, 2.75) is 18.4 Å². The van der Waals surface area contributed by atoms with Gasteiger partial charge in [-0.3, -0.25) is 9.79 Å². The van der Waals surface area contributed by atoms with Crippen molar-refractivity contribution in [2.75, 3.05) is 17.2 Å². The molecule has 4 nitrogen and oxygen atoms in total. The Morgan fingerprint density at radius 2 is 1.57 bits per heavy atom. The fourth-order valence-electron chi connectivity index (χ4n) is 4.12. The van der Waals surface area contributed by atoms with Gasteiger partial charge in [-0.15, -0.1) is 0 Å². The number of carbonyl (C=O) groups excluding carboxylic acids is 1. The standard InChI is InChI=1S/C24H21N3O/c28-24-22(14-17-15-25-20-12-6-4-10-18(17)20)26-23(16-8-2-1-3-9-16)19-11-5-7-13-21(19)27-24/h1-13,17,22,25H,14-15H2,(H,27,28). The van der Waals surface area contributed by atoms with Crippen LogP contribution in [0, 0.1) is 0 Å². The Bertz CT molecular complexity index is 1060. The molecule has 0 saturated carbocycles. The smallest absolute Gasteiger partial charge is 0.249 e. The molecule has 2 atom stereocenters.